The Kier molecular flexibility index (Phi) is 8.93. The molecule has 3 atom stereocenters. The van der Waals surface area contributed by atoms with Gasteiger partial charge in [0.2, 0.25) is 0 Å². The van der Waals surface area contributed by atoms with Gasteiger partial charge < -0.3 is 19.3 Å². The predicted molar refractivity (Wildman–Crippen MR) is 135 cm³/mol. The number of carboxylic acids is 1. The van der Waals surface area contributed by atoms with E-state index in [4.69, 9.17) is 14.2 Å². The van der Waals surface area contributed by atoms with Crippen LogP contribution >= 0.6 is 0 Å². The summed E-state index contributed by atoms with van der Waals surface area (Å²) in [6.45, 7) is 6.49. The molecule has 2 aromatic rings. The lowest BCUT2D eigenvalue weighted by Gasteiger charge is -2.44. The standard InChI is InChI=1S/C28H35NO6/c1-6-35-28(32)25-19(3)29(16-10-13-20-11-8-7-9-12-20)18(2)24(27(30)31)26(25)21-14-15-22(33-4)23(17-21)34-5/h7-9,11-12,14-15,17-19,25H,6,10,13,16H2,1-5H3,(H,30,31). The van der Waals surface area contributed by atoms with Gasteiger partial charge in [-0.05, 0) is 69.0 Å². The molecule has 2 aromatic carbocycles. The molecule has 0 aliphatic carbocycles. The maximum atomic E-state index is 13.3. The number of carbonyl (C=O) groups is 2. The molecule has 7 nitrogen and oxygen atoms in total. The van der Waals surface area contributed by atoms with Gasteiger partial charge in [0.25, 0.3) is 0 Å². The number of nitrogens with zero attached hydrogens (tertiary/aromatic N) is 1. The van der Waals surface area contributed by atoms with Gasteiger partial charge in [0.05, 0.1) is 32.3 Å². The molecule has 0 saturated heterocycles. The largest absolute Gasteiger partial charge is 0.493 e. The summed E-state index contributed by atoms with van der Waals surface area (Å²) in [5.41, 5.74) is 2.51. The predicted octanol–water partition coefficient (Wildman–Crippen LogP) is 4.45. The molecule has 7 heteroatoms. The number of methoxy groups -OCH3 is 2. The van der Waals surface area contributed by atoms with Gasteiger partial charge >= 0.3 is 11.9 Å². The van der Waals surface area contributed by atoms with Crippen LogP contribution in [0.2, 0.25) is 0 Å². The van der Waals surface area contributed by atoms with Crippen LogP contribution in [0, 0.1) is 5.92 Å². The average Bonchev–Trinajstić information content (AvgIpc) is 2.85. The summed E-state index contributed by atoms with van der Waals surface area (Å²) in [6, 6.07) is 14.8. The first-order chi connectivity index (χ1) is 16.8. The van der Waals surface area contributed by atoms with E-state index in [0.29, 0.717) is 29.2 Å². The molecular formula is C28H35NO6. The molecule has 3 rings (SSSR count). The second-order valence-corrected chi connectivity index (χ2v) is 8.68. The van der Waals surface area contributed by atoms with E-state index in [2.05, 4.69) is 17.0 Å². The lowest BCUT2D eigenvalue weighted by Crippen LogP contribution is -2.53. The highest BCUT2D eigenvalue weighted by molar-refractivity contribution is 6.03. The molecule has 1 aliphatic rings. The first kappa shape index (κ1) is 26.3. The molecule has 0 radical (unpaired) electrons. The van der Waals surface area contributed by atoms with Crippen LogP contribution in [0.1, 0.15) is 38.3 Å². The number of rotatable bonds is 10. The van der Waals surface area contributed by atoms with Crippen molar-refractivity contribution in [2.75, 3.05) is 27.4 Å². The van der Waals surface area contributed by atoms with Crippen LogP contribution in [0.15, 0.2) is 54.1 Å². The van der Waals surface area contributed by atoms with Crippen LogP contribution in [0.5, 0.6) is 11.5 Å². The van der Waals surface area contributed by atoms with Crippen LogP contribution in [-0.2, 0) is 20.7 Å². The van der Waals surface area contributed by atoms with Crippen LogP contribution in [0.4, 0.5) is 0 Å². The lowest BCUT2D eigenvalue weighted by molar-refractivity contribution is -0.148. The fourth-order valence-corrected chi connectivity index (χ4v) is 5.03. The zero-order valence-electron chi connectivity index (χ0n) is 21.1. The first-order valence-corrected chi connectivity index (χ1v) is 12.0. The summed E-state index contributed by atoms with van der Waals surface area (Å²) in [5.74, 6) is -1.23. The molecule has 188 valence electrons. The minimum atomic E-state index is -1.04. The number of hydrogen-bond acceptors (Lipinski definition) is 6. The van der Waals surface area contributed by atoms with Gasteiger partial charge in [0, 0.05) is 12.1 Å². The highest BCUT2D eigenvalue weighted by Crippen LogP contribution is 2.42. The Hall–Kier alpha value is -3.32. The third-order valence-electron chi connectivity index (χ3n) is 6.71. The van der Waals surface area contributed by atoms with Crippen LogP contribution in [0.25, 0.3) is 5.57 Å². The van der Waals surface area contributed by atoms with Crippen molar-refractivity contribution in [2.45, 2.75) is 45.7 Å². The number of carbonyl (C=O) groups excluding carboxylic acids is 1. The number of aryl methyl sites for hydroxylation is 1. The maximum Gasteiger partial charge on any atom is 0.333 e. The van der Waals surface area contributed by atoms with Gasteiger partial charge in [-0.1, -0.05) is 36.4 Å². The molecule has 1 heterocycles. The zero-order chi connectivity index (χ0) is 25.5. The van der Waals surface area contributed by atoms with Crippen molar-refractivity contribution < 1.29 is 28.9 Å². The Labute approximate surface area is 207 Å². The number of carboxylic acid groups (broad SMARTS) is 1. The Bertz CT molecular complexity index is 1060. The summed E-state index contributed by atoms with van der Waals surface area (Å²) < 4.78 is 16.2. The number of hydrogen-bond donors (Lipinski definition) is 1. The van der Waals surface area contributed by atoms with Gasteiger partial charge in [-0.2, -0.15) is 0 Å². The zero-order valence-corrected chi connectivity index (χ0v) is 21.1. The van der Waals surface area contributed by atoms with Crippen molar-refractivity contribution >= 4 is 17.5 Å². The number of esters is 1. The molecular weight excluding hydrogens is 446 g/mol. The van der Waals surface area contributed by atoms with E-state index in [9.17, 15) is 14.7 Å². The molecule has 1 N–H and O–H groups in total. The van der Waals surface area contributed by atoms with E-state index in [0.717, 1.165) is 12.8 Å². The van der Waals surface area contributed by atoms with Gasteiger partial charge in [0.1, 0.15) is 0 Å². The third kappa shape index (κ3) is 5.68. The van der Waals surface area contributed by atoms with Crippen molar-refractivity contribution in [3.05, 3.63) is 65.2 Å². The lowest BCUT2D eigenvalue weighted by atomic mass is 9.77. The average molecular weight is 482 g/mol. The summed E-state index contributed by atoms with van der Waals surface area (Å²) in [7, 11) is 3.07. The minimum Gasteiger partial charge on any atom is -0.493 e. The molecule has 1 aliphatic heterocycles. The quantitative estimate of drug-likeness (QED) is 0.502. The molecule has 0 bridgehead atoms. The molecule has 0 fully saturated rings. The van der Waals surface area contributed by atoms with E-state index in [1.165, 1.54) is 12.7 Å². The third-order valence-corrected chi connectivity index (χ3v) is 6.71. The Morgan fingerprint density at radius 1 is 1.00 bits per heavy atom. The van der Waals surface area contributed by atoms with E-state index >= 15 is 0 Å². The normalized spacial score (nSPS) is 20.4. The van der Waals surface area contributed by atoms with Crippen LogP contribution in [0.3, 0.4) is 0 Å². The number of benzene rings is 2. The fraction of sp³-hybridized carbons (Fsp3) is 0.429. The Morgan fingerprint density at radius 3 is 2.29 bits per heavy atom. The van der Waals surface area contributed by atoms with E-state index in [1.54, 1.807) is 32.2 Å². The van der Waals surface area contributed by atoms with Gasteiger partial charge in [0.15, 0.2) is 11.5 Å². The van der Waals surface area contributed by atoms with Crippen molar-refractivity contribution in [1.82, 2.24) is 4.90 Å². The Morgan fingerprint density at radius 2 is 1.69 bits per heavy atom. The fourth-order valence-electron chi connectivity index (χ4n) is 5.03. The molecule has 3 unspecified atom stereocenters. The maximum absolute atomic E-state index is 13.3. The van der Waals surface area contributed by atoms with E-state index in [-0.39, 0.29) is 18.2 Å². The summed E-state index contributed by atoms with van der Waals surface area (Å²) in [5, 5.41) is 10.3. The number of ether oxygens (including phenoxy) is 3. The summed E-state index contributed by atoms with van der Waals surface area (Å²) in [6.07, 6.45) is 1.71. The van der Waals surface area contributed by atoms with Crippen molar-refractivity contribution in [3.63, 3.8) is 0 Å². The van der Waals surface area contributed by atoms with Crippen molar-refractivity contribution in [3.8, 4) is 11.5 Å². The molecule has 0 amide bonds. The molecule has 35 heavy (non-hydrogen) atoms. The van der Waals surface area contributed by atoms with Crippen LogP contribution < -0.4 is 9.47 Å². The topological polar surface area (TPSA) is 85.3 Å². The minimum absolute atomic E-state index is 0.202. The van der Waals surface area contributed by atoms with Crippen LogP contribution in [-0.4, -0.2) is 61.4 Å². The second kappa shape index (κ2) is 11.9. The van der Waals surface area contributed by atoms with E-state index in [1.807, 2.05) is 32.0 Å². The van der Waals surface area contributed by atoms with E-state index < -0.39 is 23.9 Å². The monoisotopic (exact) mass is 481 g/mol. The second-order valence-electron chi connectivity index (χ2n) is 8.68. The summed E-state index contributed by atoms with van der Waals surface area (Å²) in [4.78, 5) is 28.0. The van der Waals surface area contributed by atoms with Gasteiger partial charge in [-0.3, -0.25) is 9.69 Å². The highest BCUT2D eigenvalue weighted by atomic mass is 16.5. The highest BCUT2D eigenvalue weighted by Gasteiger charge is 2.45. The van der Waals surface area contributed by atoms with Gasteiger partial charge in [-0.15, -0.1) is 0 Å². The molecule has 0 saturated carbocycles. The number of aliphatic carboxylic acids is 1. The molecule has 0 spiro atoms. The Balaban J connectivity index is 2.05. The first-order valence-electron chi connectivity index (χ1n) is 12.0. The van der Waals surface area contributed by atoms with Crippen molar-refractivity contribution in [2.24, 2.45) is 5.92 Å². The van der Waals surface area contributed by atoms with Crippen molar-refractivity contribution in [1.29, 1.82) is 0 Å². The smallest absolute Gasteiger partial charge is 0.333 e. The molecule has 0 aromatic heterocycles. The SMILES string of the molecule is CCOC(=O)C1C(c2ccc(OC)c(OC)c2)=C(C(=O)O)C(C)N(CCCc2ccccc2)C1C. The summed E-state index contributed by atoms with van der Waals surface area (Å²) >= 11 is 0. The van der Waals surface area contributed by atoms with Gasteiger partial charge in [-0.25, -0.2) is 4.79 Å².